The zero-order valence-corrected chi connectivity index (χ0v) is 12.5. The van der Waals surface area contributed by atoms with Crippen molar-refractivity contribution in [2.75, 3.05) is 5.32 Å². The molecule has 0 saturated carbocycles. The second kappa shape index (κ2) is 7.80. The Morgan fingerprint density at radius 3 is 2.74 bits per heavy atom. The van der Waals surface area contributed by atoms with Gasteiger partial charge in [-0.05, 0) is 24.6 Å². The summed E-state index contributed by atoms with van der Waals surface area (Å²) in [5.74, 6) is -0.468. The molecule has 5 nitrogen and oxygen atoms in total. The Bertz CT molecular complexity index is 714. The number of nitrogens with zero attached hydrogens (tertiary/aromatic N) is 1. The van der Waals surface area contributed by atoms with Gasteiger partial charge in [-0.1, -0.05) is 30.3 Å². The zero-order valence-electron chi connectivity index (χ0n) is 12.5. The van der Waals surface area contributed by atoms with Gasteiger partial charge in [0.25, 0.3) is 0 Å². The van der Waals surface area contributed by atoms with Crippen LogP contribution in [-0.4, -0.2) is 12.2 Å². The van der Waals surface area contributed by atoms with Gasteiger partial charge < -0.3 is 9.47 Å². The van der Waals surface area contributed by atoms with E-state index >= 15 is 0 Å². The molecule has 6 heteroatoms. The lowest BCUT2D eigenvalue weighted by Crippen LogP contribution is -2.16. The number of ether oxygens (including phenoxy) is 2. The van der Waals surface area contributed by atoms with Gasteiger partial charge in [-0.2, -0.15) is 5.26 Å². The molecule has 2 aromatic rings. The smallest absolute Gasteiger partial charge is 0.412 e. The summed E-state index contributed by atoms with van der Waals surface area (Å²) < 4.78 is 23.7. The highest BCUT2D eigenvalue weighted by atomic mass is 19.1. The topological polar surface area (TPSA) is 71.3 Å². The van der Waals surface area contributed by atoms with Gasteiger partial charge >= 0.3 is 6.09 Å². The van der Waals surface area contributed by atoms with E-state index < -0.39 is 18.0 Å². The highest BCUT2D eigenvalue weighted by Gasteiger charge is 2.12. The first-order valence-corrected chi connectivity index (χ1v) is 6.92. The highest BCUT2D eigenvalue weighted by molar-refractivity contribution is 5.86. The van der Waals surface area contributed by atoms with Crippen LogP contribution in [0.1, 0.15) is 12.5 Å². The van der Waals surface area contributed by atoms with Crippen LogP contribution in [0, 0.1) is 17.1 Å². The molecule has 0 spiro atoms. The van der Waals surface area contributed by atoms with Gasteiger partial charge in [0, 0.05) is 6.07 Å². The Kier molecular flexibility index (Phi) is 5.53. The van der Waals surface area contributed by atoms with E-state index in [2.05, 4.69) is 5.32 Å². The largest absolute Gasteiger partial charge is 0.474 e. The molecule has 0 aliphatic heterocycles. The van der Waals surface area contributed by atoms with Crippen molar-refractivity contribution in [3.05, 3.63) is 59.9 Å². The van der Waals surface area contributed by atoms with Crippen LogP contribution in [0.25, 0.3) is 0 Å². The van der Waals surface area contributed by atoms with Crippen molar-refractivity contribution in [2.45, 2.75) is 19.6 Å². The summed E-state index contributed by atoms with van der Waals surface area (Å²) in [6.45, 7) is 1.63. The van der Waals surface area contributed by atoms with Crippen LogP contribution in [0.3, 0.4) is 0 Å². The first-order chi connectivity index (χ1) is 11.1. The number of anilines is 1. The summed E-state index contributed by atoms with van der Waals surface area (Å²) in [6, 6.07) is 14.7. The number of benzene rings is 2. The molecular weight excluding hydrogens is 299 g/mol. The van der Waals surface area contributed by atoms with Crippen molar-refractivity contribution in [3.63, 3.8) is 0 Å². The lowest BCUT2D eigenvalue weighted by Gasteiger charge is -2.14. The average molecular weight is 314 g/mol. The summed E-state index contributed by atoms with van der Waals surface area (Å²) in [6.07, 6.45) is -1.48. The highest BCUT2D eigenvalue weighted by Crippen LogP contribution is 2.26. The Morgan fingerprint density at radius 1 is 1.30 bits per heavy atom. The monoisotopic (exact) mass is 314 g/mol. The molecule has 23 heavy (non-hydrogen) atoms. The lowest BCUT2D eigenvalue weighted by molar-refractivity contribution is 0.155. The quantitative estimate of drug-likeness (QED) is 0.909. The molecule has 1 atom stereocenters. The third-order valence-electron chi connectivity index (χ3n) is 2.88. The predicted octanol–water partition coefficient (Wildman–Crippen LogP) is 3.87. The summed E-state index contributed by atoms with van der Waals surface area (Å²) in [5.41, 5.74) is 1.07. The van der Waals surface area contributed by atoms with E-state index in [1.54, 1.807) is 0 Å². The molecule has 0 aliphatic carbocycles. The van der Waals surface area contributed by atoms with Crippen LogP contribution in [0.2, 0.25) is 0 Å². The minimum absolute atomic E-state index is 0.0655. The van der Waals surface area contributed by atoms with E-state index in [9.17, 15) is 9.18 Å². The first kappa shape index (κ1) is 16.3. The van der Waals surface area contributed by atoms with E-state index in [-0.39, 0.29) is 18.0 Å². The fourth-order valence-corrected chi connectivity index (χ4v) is 1.78. The number of carbonyl (C=O) groups excluding carboxylic acids is 1. The number of hydrogen-bond acceptors (Lipinski definition) is 4. The van der Waals surface area contributed by atoms with Crippen molar-refractivity contribution in [1.29, 1.82) is 5.26 Å². The maximum atomic E-state index is 13.3. The van der Waals surface area contributed by atoms with E-state index in [4.69, 9.17) is 14.7 Å². The van der Waals surface area contributed by atoms with Crippen LogP contribution in [0.4, 0.5) is 14.9 Å². The molecule has 2 rings (SSSR count). The van der Waals surface area contributed by atoms with Crippen molar-refractivity contribution < 1.29 is 18.7 Å². The molecule has 1 amide bonds. The standard InChI is InChI=1S/C17H15FN2O3/c1-12(10-19)23-16-9-14(18)7-8-15(16)20-17(21)22-11-13-5-3-2-4-6-13/h2-9,12H,11H2,1H3,(H,20,21). The molecule has 0 heterocycles. The van der Waals surface area contributed by atoms with Gasteiger partial charge in [-0.15, -0.1) is 0 Å². The van der Waals surface area contributed by atoms with Crippen LogP contribution in [0.15, 0.2) is 48.5 Å². The summed E-state index contributed by atoms with van der Waals surface area (Å²) in [7, 11) is 0. The number of halogens is 1. The first-order valence-electron chi connectivity index (χ1n) is 6.92. The molecule has 0 fully saturated rings. The number of hydrogen-bond donors (Lipinski definition) is 1. The van der Waals surface area contributed by atoms with Gasteiger partial charge in [0.1, 0.15) is 24.2 Å². The predicted molar refractivity (Wildman–Crippen MR) is 82.4 cm³/mol. The second-order valence-corrected chi connectivity index (χ2v) is 4.72. The van der Waals surface area contributed by atoms with Crippen molar-refractivity contribution >= 4 is 11.8 Å². The maximum Gasteiger partial charge on any atom is 0.412 e. The minimum atomic E-state index is -0.780. The van der Waals surface area contributed by atoms with E-state index in [0.29, 0.717) is 0 Å². The van der Waals surface area contributed by atoms with Crippen LogP contribution >= 0.6 is 0 Å². The number of nitrogens with one attached hydrogen (secondary N) is 1. The molecular formula is C17H15FN2O3. The van der Waals surface area contributed by atoms with Gasteiger partial charge in [0.15, 0.2) is 6.10 Å². The molecule has 0 saturated heterocycles. The summed E-state index contributed by atoms with van der Waals surface area (Å²) >= 11 is 0. The number of nitriles is 1. The fraction of sp³-hybridized carbons (Fsp3) is 0.176. The van der Waals surface area contributed by atoms with Gasteiger partial charge in [-0.3, -0.25) is 5.32 Å². The maximum absolute atomic E-state index is 13.3. The van der Waals surface area contributed by atoms with E-state index in [0.717, 1.165) is 11.6 Å². The Labute approximate surface area is 133 Å². The van der Waals surface area contributed by atoms with Crippen LogP contribution in [0.5, 0.6) is 5.75 Å². The van der Waals surface area contributed by atoms with Gasteiger partial charge in [-0.25, -0.2) is 9.18 Å². The molecule has 0 bridgehead atoms. The third kappa shape index (κ3) is 5.00. The summed E-state index contributed by atoms with van der Waals surface area (Å²) in [5, 5.41) is 11.2. The number of carbonyl (C=O) groups is 1. The molecule has 2 aromatic carbocycles. The van der Waals surface area contributed by atoms with Crippen LogP contribution in [-0.2, 0) is 11.3 Å². The fourth-order valence-electron chi connectivity index (χ4n) is 1.78. The molecule has 0 aliphatic rings. The Balaban J connectivity index is 2.01. The lowest BCUT2D eigenvalue weighted by atomic mass is 10.2. The Hall–Kier alpha value is -3.07. The minimum Gasteiger partial charge on any atom is -0.474 e. The van der Waals surface area contributed by atoms with Crippen LogP contribution < -0.4 is 10.1 Å². The third-order valence-corrected chi connectivity index (χ3v) is 2.88. The zero-order chi connectivity index (χ0) is 16.7. The molecule has 1 N–H and O–H groups in total. The number of amides is 1. The molecule has 0 radical (unpaired) electrons. The molecule has 1 unspecified atom stereocenters. The van der Waals surface area contributed by atoms with E-state index in [1.807, 2.05) is 36.4 Å². The number of rotatable bonds is 5. The van der Waals surface area contributed by atoms with Gasteiger partial charge in [0.05, 0.1) is 5.69 Å². The van der Waals surface area contributed by atoms with E-state index in [1.165, 1.54) is 19.1 Å². The Morgan fingerprint density at radius 2 is 2.04 bits per heavy atom. The normalized spacial score (nSPS) is 11.2. The van der Waals surface area contributed by atoms with Crippen molar-refractivity contribution in [1.82, 2.24) is 0 Å². The average Bonchev–Trinajstić information content (AvgIpc) is 2.56. The SMILES string of the molecule is CC(C#N)Oc1cc(F)ccc1NC(=O)OCc1ccccc1. The van der Waals surface area contributed by atoms with Gasteiger partial charge in [0.2, 0.25) is 0 Å². The molecule has 0 aromatic heterocycles. The second-order valence-electron chi connectivity index (χ2n) is 4.72. The van der Waals surface area contributed by atoms with Crippen molar-refractivity contribution in [3.8, 4) is 11.8 Å². The summed E-state index contributed by atoms with van der Waals surface area (Å²) in [4.78, 5) is 11.8. The molecule has 118 valence electrons. The van der Waals surface area contributed by atoms with Crippen molar-refractivity contribution in [2.24, 2.45) is 0 Å².